The summed E-state index contributed by atoms with van der Waals surface area (Å²) in [6.45, 7) is 7.88. The summed E-state index contributed by atoms with van der Waals surface area (Å²) >= 11 is 0. The quantitative estimate of drug-likeness (QED) is 0.0345. The Balaban J connectivity index is 4.23. The van der Waals surface area contributed by atoms with E-state index in [1.165, 1.54) is 250 Å². The van der Waals surface area contributed by atoms with Crippen molar-refractivity contribution in [1.29, 1.82) is 0 Å². The van der Waals surface area contributed by atoms with Crippen LogP contribution >= 0.6 is 0 Å². The normalized spacial score (nSPS) is 12.2. The molecule has 5 nitrogen and oxygen atoms in total. The van der Waals surface area contributed by atoms with Crippen LogP contribution < -0.4 is 0 Å². The van der Waals surface area contributed by atoms with Crippen LogP contribution in [-0.2, 0) is 23.8 Å². The topological polar surface area (TPSA) is 61.8 Å². The van der Waals surface area contributed by atoms with Crippen LogP contribution in [0.5, 0.6) is 0 Å². The SMILES string of the molecule is CCCCCCCC/C=C\CCCCCCCCCC(=O)OCC(COCCCCCCCCCCCCCCCCCCCC)OC(=O)CCCCCCC/C=C\CCCCCCCC. The van der Waals surface area contributed by atoms with E-state index >= 15 is 0 Å². The van der Waals surface area contributed by atoms with E-state index < -0.39 is 6.10 Å². The first-order chi connectivity index (χ1) is 32.6. The third-order valence-electron chi connectivity index (χ3n) is 13.5. The third-order valence-corrected chi connectivity index (χ3v) is 13.5. The number of ether oxygens (including phenoxy) is 3. The fraction of sp³-hybridized carbons (Fsp3) is 0.902. The zero-order valence-corrected chi connectivity index (χ0v) is 45.0. The van der Waals surface area contributed by atoms with Crippen molar-refractivity contribution in [2.75, 3.05) is 19.8 Å². The van der Waals surface area contributed by atoms with Gasteiger partial charge in [0.25, 0.3) is 0 Å². The molecular formula is C61H116O5. The fourth-order valence-electron chi connectivity index (χ4n) is 8.97. The van der Waals surface area contributed by atoms with Gasteiger partial charge in [-0.05, 0) is 70.6 Å². The van der Waals surface area contributed by atoms with E-state index in [2.05, 4.69) is 45.1 Å². The number of carbonyl (C=O) groups excluding carboxylic acids is 2. The van der Waals surface area contributed by atoms with E-state index in [9.17, 15) is 9.59 Å². The van der Waals surface area contributed by atoms with E-state index in [1.54, 1.807) is 0 Å². The number of hydrogen-bond acceptors (Lipinski definition) is 5. The molecule has 390 valence electrons. The molecule has 5 heteroatoms. The molecule has 0 amide bonds. The first-order valence-electron chi connectivity index (χ1n) is 29.9. The summed E-state index contributed by atoms with van der Waals surface area (Å²) in [4.78, 5) is 25.5. The Bertz CT molecular complexity index is 1010. The van der Waals surface area contributed by atoms with E-state index in [4.69, 9.17) is 14.2 Å². The van der Waals surface area contributed by atoms with Gasteiger partial charge in [-0.25, -0.2) is 0 Å². The molecule has 0 aliphatic heterocycles. The lowest BCUT2D eigenvalue weighted by atomic mass is 10.0. The van der Waals surface area contributed by atoms with Gasteiger partial charge >= 0.3 is 11.9 Å². The van der Waals surface area contributed by atoms with E-state index in [0.29, 0.717) is 26.1 Å². The largest absolute Gasteiger partial charge is 0.462 e. The molecule has 0 N–H and O–H groups in total. The van der Waals surface area contributed by atoms with Gasteiger partial charge in [-0.2, -0.15) is 0 Å². The molecule has 0 spiro atoms. The molecule has 0 rings (SSSR count). The molecule has 0 aliphatic rings. The van der Waals surface area contributed by atoms with Crippen LogP contribution in [0.25, 0.3) is 0 Å². The molecule has 0 radical (unpaired) electrons. The van der Waals surface area contributed by atoms with Crippen LogP contribution in [-0.4, -0.2) is 37.9 Å². The highest BCUT2D eigenvalue weighted by molar-refractivity contribution is 5.70. The Morgan fingerprint density at radius 2 is 0.591 bits per heavy atom. The first kappa shape index (κ1) is 64.4. The number of hydrogen-bond donors (Lipinski definition) is 0. The molecular weight excluding hydrogens is 813 g/mol. The second-order valence-electron chi connectivity index (χ2n) is 20.3. The molecule has 0 heterocycles. The van der Waals surface area contributed by atoms with Crippen molar-refractivity contribution in [3.63, 3.8) is 0 Å². The van der Waals surface area contributed by atoms with E-state index in [1.807, 2.05) is 0 Å². The van der Waals surface area contributed by atoms with Crippen molar-refractivity contribution in [3.05, 3.63) is 24.3 Å². The summed E-state index contributed by atoms with van der Waals surface area (Å²) in [6, 6.07) is 0. The minimum absolute atomic E-state index is 0.0868. The summed E-state index contributed by atoms with van der Waals surface area (Å²) in [5.74, 6) is -0.390. The monoisotopic (exact) mass is 929 g/mol. The second-order valence-corrected chi connectivity index (χ2v) is 20.3. The van der Waals surface area contributed by atoms with Crippen molar-refractivity contribution in [1.82, 2.24) is 0 Å². The average molecular weight is 930 g/mol. The fourth-order valence-corrected chi connectivity index (χ4v) is 8.97. The average Bonchev–Trinajstić information content (AvgIpc) is 3.32. The van der Waals surface area contributed by atoms with Crippen molar-refractivity contribution < 1.29 is 23.8 Å². The molecule has 66 heavy (non-hydrogen) atoms. The zero-order chi connectivity index (χ0) is 47.7. The van der Waals surface area contributed by atoms with Gasteiger partial charge in [0.1, 0.15) is 6.61 Å². The van der Waals surface area contributed by atoms with Crippen LogP contribution in [0, 0.1) is 0 Å². The van der Waals surface area contributed by atoms with Crippen molar-refractivity contribution >= 4 is 11.9 Å². The maximum absolute atomic E-state index is 12.9. The van der Waals surface area contributed by atoms with Gasteiger partial charge in [-0.1, -0.05) is 270 Å². The molecule has 0 bridgehead atoms. The van der Waals surface area contributed by atoms with Crippen LogP contribution in [0.3, 0.4) is 0 Å². The van der Waals surface area contributed by atoms with Gasteiger partial charge in [-0.15, -0.1) is 0 Å². The predicted octanol–water partition coefficient (Wildman–Crippen LogP) is 20.4. The number of carbonyl (C=O) groups is 2. The standard InChI is InChI=1S/C61H116O5/c1-4-7-10-13-16-19-22-25-28-30-32-35-38-41-44-47-50-53-56-64-57-59(66-61(63)55-52-49-46-43-40-37-33-27-24-21-18-15-12-9-6-3)58-65-60(62)54-51-48-45-42-39-36-34-31-29-26-23-20-17-14-11-8-5-2/h26-27,29,33,59H,4-25,28,30-32,34-58H2,1-3H3/b29-26-,33-27-. The second kappa shape index (κ2) is 57.7. The maximum atomic E-state index is 12.9. The number of rotatable bonds is 56. The van der Waals surface area contributed by atoms with Crippen LogP contribution in [0.2, 0.25) is 0 Å². The third kappa shape index (κ3) is 55.0. The summed E-state index contributed by atoms with van der Waals surface area (Å²) in [5, 5.41) is 0. The summed E-state index contributed by atoms with van der Waals surface area (Å²) in [7, 11) is 0. The predicted molar refractivity (Wildman–Crippen MR) is 289 cm³/mol. The highest BCUT2D eigenvalue weighted by Gasteiger charge is 2.17. The maximum Gasteiger partial charge on any atom is 0.306 e. The van der Waals surface area contributed by atoms with Gasteiger partial charge in [0, 0.05) is 19.4 Å². The Kier molecular flexibility index (Phi) is 56.3. The van der Waals surface area contributed by atoms with Gasteiger partial charge in [0.2, 0.25) is 0 Å². The van der Waals surface area contributed by atoms with Crippen LogP contribution in [0.4, 0.5) is 0 Å². The first-order valence-corrected chi connectivity index (χ1v) is 29.9. The van der Waals surface area contributed by atoms with Gasteiger partial charge in [0.05, 0.1) is 6.61 Å². The minimum Gasteiger partial charge on any atom is -0.462 e. The van der Waals surface area contributed by atoms with E-state index in [0.717, 1.165) is 44.9 Å². The van der Waals surface area contributed by atoms with Crippen LogP contribution in [0.15, 0.2) is 24.3 Å². The lowest BCUT2D eigenvalue weighted by Crippen LogP contribution is -2.30. The molecule has 0 fully saturated rings. The van der Waals surface area contributed by atoms with Crippen LogP contribution in [0.1, 0.15) is 329 Å². The van der Waals surface area contributed by atoms with Gasteiger partial charge < -0.3 is 14.2 Å². The number of esters is 2. The van der Waals surface area contributed by atoms with Gasteiger partial charge in [-0.3, -0.25) is 9.59 Å². The Morgan fingerprint density at radius 3 is 0.924 bits per heavy atom. The van der Waals surface area contributed by atoms with Crippen molar-refractivity contribution in [2.45, 2.75) is 335 Å². The minimum atomic E-state index is -0.537. The van der Waals surface area contributed by atoms with Crippen molar-refractivity contribution in [3.8, 4) is 0 Å². The smallest absolute Gasteiger partial charge is 0.306 e. The summed E-state index contributed by atoms with van der Waals surface area (Å²) in [5.41, 5.74) is 0. The summed E-state index contributed by atoms with van der Waals surface area (Å²) < 4.78 is 17.5. The van der Waals surface area contributed by atoms with Gasteiger partial charge in [0.15, 0.2) is 6.10 Å². The molecule has 0 aromatic heterocycles. The Labute approximate surface area is 413 Å². The molecule has 1 atom stereocenters. The number of unbranched alkanes of at least 4 members (excludes halogenated alkanes) is 41. The lowest BCUT2D eigenvalue weighted by Gasteiger charge is -2.18. The van der Waals surface area contributed by atoms with E-state index in [-0.39, 0.29) is 18.5 Å². The Morgan fingerprint density at radius 1 is 0.318 bits per heavy atom. The molecule has 0 aliphatic carbocycles. The molecule has 0 aromatic carbocycles. The Hall–Kier alpha value is -1.62. The summed E-state index contributed by atoms with van der Waals surface area (Å²) in [6.07, 6.45) is 69.1. The lowest BCUT2D eigenvalue weighted by molar-refractivity contribution is -0.163. The molecule has 0 saturated carbocycles. The zero-order valence-electron chi connectivity index (χ0n) is 45.0. The highest BCUT2D eigenvalue weighted by atomic mass is 16.6. The molecule has 0 aromatic rings. The molecule has 1 unspecified atom stereocenters. The van der Waals surface area contributed by atoms with Crippen molar-refractivity contribution in [2.24, 2.45) is 0 Å². The number of allylic oxidation sites excluding steroid dienone is 4. The highest BCUT2D eigenvalue weighted by Crippen LogP contribution is 2.17. The molecule has 0 saturated heterocycles.